The highest BCUT2D eigenvalue weighted by Crippen LogP contribution is 2.29. The Labute approximate surface area is 168 Å². The number of fused-ring (bicyclic) bond motifs is 1. The second kappa shape index (κ2) is 7.48. The van der Waals surface area contributed by atoms with Crippen LogP contribution in [-0.4, -0.2) is 55.4 Å². The first kappa shape index (κ1) is 20.0. The Morgan fingerprint density at radius 2 is 2.07 bits per heavy atom. The van der Waals surface area contributed by atoms with Crippen LogP contribution in [0.5, 0.6) is 5.75 Å². The van der Waals surface area contributed by atoms with Crippen LogP contribution in [0.3, 0.4) is 0 Å². The van der Waals surface area contributed by atoms with Crippen LogP contribution in [0.2, 0.25) is 0 Å². The average Bonchev–Trinajstić information content (AvgIpc) is 3.39. The maximum atomic E-state index is 12.5. The predicted octanol–water partition coefficient (Wildman–Crippen LogP) is 2.33. The van der Waals surface area contributed by atoms with Crippen molar-refractivity contribution in [1.29, 1.82) is 0 Å². The average molecular weight is 421 g/mol. The van der Waals surface area contributed by atoms with Gasteiger partial charge in [0.2, 0.25) is 0 Å². The van der Waals surface area contributed by atoms with Crippen LogP contribution in [0.15, 0.2) is 36.8 Å². The Bertz CT molecular complexity index is 1090. The predicted molar refractivity (Wildman–Crippen MR) is 101 cm³/mol. The summed E-state index contributed by atoms with van der Waals surface area (Å²) in [4.78, 5) is 20.3. The molecule has 4 N–H and O–H groups in total. The summed E-state index contributed by atoms with van der Waals surface area (Å²) in [5.41, 5.74) is 1.49. The zero-order chi connectivity index (χ0) is 21.5. The number of benzene rings is 1. The number of anilines is 1. The maximum Gasteiger partial charge on any atom is 0.416 e. The molecule has 11 heteroatoms. The van der Waals surface area contributed by atoms with Crippen LogP contribution >= 0.6 is 0 Å². The van der Waals surface area contributed by atoms with Gasteiger partial charge in [-0.2, -0.15) is 13.2 Å². The molecule has 2 aromatic heterocycles. The van der Waals surface area contributed by atoms with Crippen molar-refractivity contribution in [3.8, 4) is 17.0 Å². The molecular weight excluding hydrogens is 403 g/mol. The lowest BCUT2D eigenvalue weighted by molar-refractivity contribution is -0.198. The summed E-state index contributed by atoms with van der Waals surface area (Å²) in [7, 11) is 0. The molecule has 1 fully saturated rings. The van der Waals surface area contributed by atoms with Gasteiger partial charge in [-0.1, -0.05) is 6.07 Å². The number of halogens is 3. The number of nitrogens with one attached hydrogen (secondary N) is 2. The third-order valence-corrected chi connectivity index (χ3v) is 4.72. The van der Waals surface area contributed by atoms with E-state index in [4.69, 9.17) is 5.11 Å². The van der Waals surface area contributed by atoms with Crippen LogP contribution in [0.25, 0.3) is 16.9 Å². The van der Waals surface area contributed by atoms with E-state index in [2.05, 4.69) is 20.6 Å². The topological polar surface area (TPSA) is 112 Å². The zero-order valence-corrected chi connectivity index (χ0v) is 15.5. The van der Waals surface area contributed by atoms with Crippen molar-refractivity contribution in [1.82, 2.24) is 19.7 Å². The highest BCUT2D eigenvalue weighted by Gasteiger charge is 2.38. The minimum Gasteiger partial charge on any atom is -0.507 e. The summed E-state index contributed by atoms with van der Waals surface area (Å²) in [5, 5.41) is 24.7. The van der Waals surface area contributed by atoms with E-state index < -0.39 is 18.8 Å². The molecule has 1 unspecified atom stereocenters. The van der Waals surface area contributed by atoms with Gasteiger partial charge in [-0.05, 0) is 25.0 Å². The molecule has 8 nitrogen and oxygen atoms in total. The number of phenols is 1. The van der Waals surface area contributed by atoms with Gasteiger partial charge in [-0.25, -0.2) is 9.97 Å². The Morgan fingerprint density at radius 3 is 2.73 bits per heavy atom. The Morgan fingerprint density at radius 1 is 1.30 bits per heavy atom. The number of aliphatic hydroxyl groups excluding tert-OH is 1. The molecule has 3 aromatic rings. The van der Waals surface area contributed by atoms with Gasteiger partial charge >= 0.3 is 6.18 Å². The molecular formula is C19H18F3N5O3. The molecule has 0 radical (unpaired) electrons. The summed E-state index contributed by atoms with van der Waals surface area (Å²) < 4.78 is 39.1. The fraction of sp³-hybridized carbons (Fsp3) is 0.316. The SMILES string of the molecule is O=C(NC1CC1)c1ccc(-c2cnc3c(NCC(O)C(F)(F)F)nccn23)cc1O. The first-order chi connectivity index (χ1) is 14.2. The lowest BCUT2D eigenvalue weighted by Gasteiger charge is -2.15. The van der Waals surface area contributed by atoms with Gasteiger partial charge in [-0.3, -0.25) is 9.20 Å². The van der Waals surface area contributed by atoms with Gasteiger partial charge in [-0.15, -0.1) is 0 Å². The number of nitrogens with zero attached hydrogens (tertiary/aromatic N) is 3. The monoisotopic (exact) mass is 421 g/mol. The Hall–Kier alpha value is -3.34. The molecule has 0 aliphatic heterocycles. The molecule has 0 spiro atoms. The number of aliphatic hydroxyl groups is 1. The summed E-state index contributed by atoms with van der Waals surface area (Å²) >= 11 is 0. The maximum absolute atomic E-state index is 12.5. The van der Waals surface area contributed by atoms with Crippen LogP contribution < -0.4 is 10.6 Å². The van der Waals surface area contributed by atoms with Gasteiger partial charge < -0.3 is 20.8 Å². The highest BCUT2D eigenvalue weighted by molar-refractivity contribution is 5.97. The summed E-state index contributed by atoms with van der Waals surface area (Å²) in [6.07, 6.45) is -1.02. The molecule has 1 aliphatic carbocycles. The van der Waals surface area contributed by atoms with E-state index >= 15 is 0 Å². The van der Waals surface area contributed by atoms with Crippen molar-refractivity contribution in [3.05, 3.63) is 42.4 Å². The number of imidazole rings is 1. The van der Waals surface area contributed by atoms with E-state index in [0.717, 1.165) is 12.8 Å². The van der Waals surface area contributed by atoms with Crippen LogP contribution in [0.1, 0.15) is 23.2 Å². The summed E-state index contributed by atoms with van der Waals surface area (Å²) in [6.45, 7) is -0.774. The van der Waals surface area contributed by atoms with E-state index in [9.17, 15) is 23.1 Å². The number of phenolic OH excluding ortho intramolecular Hbond substituents is 1. The first-order valence-corrected chi connectivity index (χ1v) is 9.19. The smallest absolute Gasteiger partial charge is 0.416 e. The number of aromatic hydroxyl groups is 1. The van der Waals surface area contributed by atoms with E-state index in [0.29, 0.717) is 11.3 Å². The number of hydrogen-bond donors (Lipinski definition) is 4. The number of aromatic nitrogens is 3. The summed E-state index contributed by atoms with van der Waals surface area (Å²) in [5.74, 6) is -0.475. The van der Waals surface area contributed by atoms with Gasteiger partial charge in [0.25, 0.3) is 5.91 Å². The molecule has 1 saturated carbocycles. The molecule has 30 heavy (non-hydrogen) atoms. The van der Waals surface area contributed by atoms with Crippen LogP contribution in [0.4, 0.5) is 19.0 Å². The fourth-order valence-electron chi connectivity index (χ4n) is 2.94. The molecule has 1 atom stereocenters. The van der Waals surface area contributed by atoms with Crippen LogP contribution in [-0.2, 0) is 0 Å². The van der Waals surface area contributed by atoms with Crippen molar-refractivity contribution in [2.24, 2.45) is 0 Å². The van der Waals surface area contributed by atoms with E-state index in [1.54, 1.807) is 16.7 Å². The number of carbonyl (C=O) groups excluding carboxylic acids is 1. The summed E-state index contributed by atoms with van der Waals surface area (Å²) in [6, 6.07) is 4.73. The van der Waals surface area contributed by atoms with Crippen molar-refractivity contribution in [3.63, 3.8) is 0 Å². The van der Waals surface area contributed by atoms with Crippen LogP contribution in [0, 0.1) is 0 Å². The standard InChI is InChI=1S/C19H18F3N5O3/c20-19(21,22)15(29)9-24-16-17-25-8-13(27(17)6-5-23-16)10-1-4-12(14(28)7-10)18(30)26-11-2-3-11/h1,4-8,11,15,28-29H,2-3,9H2,(H,23,24)(H,26,30). The lowest BCUT2D eigenvalue weighted by atomic mass is 10.1. The Balaban J connectivity index is 1.59. The van der Waals surface area contributed by atoms with Crippen molar-refractivity contribution in [2.45, 2.75) is 31.2 Å². The molecule has 0 saturated heterocycles. The van der Waals surface area contributed by atoms with Crippen molar-refractivity contribution < 1.29 is 28.2 Å². The van der Waals surface area contributed by atoms with E-state index in [1.165, 1.54) is 24.5 Å². The lowest BCUT2D eigenvalue weighted by Crippen LogP contribution is -2.35. The minimum atomic E-state index is -4.75. The Kier molecular flexibility index (Phi) is 4.98. The number of carbonyl (C=O) groups is 1. The molecule has 0 bridgehead atoms. The number of hydrogen-bond acceptors (Lipinski definition) is 6. The molecule has 4 rings (SSSR count). The highest BCUT2D eigenvalue weighted by atomic mass is 19.4. The quantitative estimate of drug-likeness (QED) is 0.486. The molecule has 1 amide bonds. The second-order valence-electron chi connectivity index (χ2n) is 7.03. The molecule has 1 aliphatic rings. The third kappa shape index (κ3) is 4.01. The second-order valence-corrected chi connectivity index (χ2v) is 7.03. The number of amides is 1. The van der Waals surface area contributed by atoms with Gasteiger partial charge in [0, 0.05) is 24.0 Å². The molecule has 1 aromatic carbocycles. The molecule has 158 valence electrons. The van der Waals surface area contributed by atoms with Gasteiger partial charge in [0.15, 0.2) is 17.6 Å². The third-order valence-electron chi connectivity index (χ3n) is 4.72. The van der Waals surface area contributed by atoms with Gasteiger partial charge in [0.05, 0.1) is 24.0 Å². The van der Waals surface area contributed by atoms with E-state index in [-0.39, 0.29) is 34.7 Å². The van der Waals surface area contributed by atoms with Gasteiger partial charge in [0.1, 0.15) is 5.75 Å². The fourth-order valence-corrected chi connectivity index (χ4v) is 2.94. The zero-order valence-electron chi connectivity index (χ0n) is 15.5. The molecule has 2 heterocycles. The number of rotatable bonds is 6. The van der Waals surface area contributed by atoms with Crippen molar-refractivity contribution in [2.75, 3.05) is 11.9 Å². The van der Waals surface area contributed by atoms with Crippen molar-refractivity contribution >= 4 is 17.4 Å². The normalized spacial score (nSPS) is 15.2. The largest absolute Gasteiger partial charge is 0.507 e. The number of alkyl halides is 3. The minimum absolute atomic E-state index is 0.0664. The first-order valence-electron chi connectivity index (χ1n) is 9.19. The van der Waals surface area contributed by atoms with E-state index in [1.807, 2.05) is 0 Å².